The van der Waals surface area contributed by atoms with Gasteiger partial charge in [0, 0.05) is 19.8 Å². The Morgan fingerprint density at radius 1 is 1.11 bits per heavy atom. The van der Waals surface area contributed by atoms with E-state index in [-0.39, 0.29) is 23.2 Å². The predicted octanol–water partition coefficient (Wildman–Crippen LogP) is 2.75. The highest BCUT2D eigenvalue weighted by Crippen LogP contribution is 2.16. The van der Waals surface area contributed by atoms with E-state index < -0.39 is 15.9 Å². The molecule has 0 heterocycles. The van der Waals surface area contributed by atoms with Crippen LogP contribution in [0.3, 0.4) is 0 Å². The minimum atomic E-state index is -3.21. The molecule has 1 amide bonds. The molecule has 0 saturated carbocycles. The van der Waals surface area contributed by atoms with E-state index in [4.69, 9.17) is 10.5 Å². The predicted molar refractivity (Wildman–Crippen MR) is 113 cm³/mol. The number of hydrogen-bond donors (Lipinski definition) is 1. The topological polar surface area (TPSA) is 89.7 Å². The molecule has 2 aromatic rings. The molecule has 1 atom stereocenters. The van der Waals surface area contributed by atoms with Crippen molar-refractivity contribution in [1.82, 2.24) is 4.90 Å². The van der Waals surface area contributed by atoms with Crippen LogP contribution in [-0.2, 0) is 14.6 Å². The second-order valence-corrected chi connectivity index (χ2v) is 8.61. The van der Waals surface area contributed by atoms with E-state index in [0.29, 0.717) is 25.3 Å². The number of halogens is 1. The van der Waals surface area contributed by atoms with Crippen molar-refractivity contribution in [2.45, 2.75) is 24.3 Å². The molecule has 2 N–H and O–H groups in total. The molecule has 1 unspecified atom stereocenters. The van der Waals surface area contributed by atoms with Crippen molar-refractivity contribution in [3.8, 4) is 5.75 Å². The van der Waals surface area contributed by atoms with E-state index in [9.17, 15) is 13.2 Å². The summed E-state index contributed by atoms with van der Waals surface area (Å²) in [6.45, 7) is 2.91. The van der Waals surface area contributed by atoms with Gasteiger partial charge in [0.15, 0.2) is 9.84 Å². The van der Waals surface area contributed by atoms with Crippen molar-refractivity contribution < 1.29 is 17.9 Å². The Morgan fingerprint density at radius 3 is 2.21 bits per heavy atom. The van der Waals surface area contributed by atoms with Gasteiger partial charge in [-0.2, -0.15) is 0 Å². The second kappa shape index (κ2) is 10.5. The molecule has 0 aliphatic carbocycles. The molecule has 28 heavy (non-hydrogen) atoms. The Bertz CT molecular complexity index is 868. The van der Waals surface area contributed by atoms with Crippen LogP contribution in [0.2, 0.25) is 0 Å². The quantitative estimate of drug-likeness (QED) is 0.655. The minimum absolute atomic E-state index is 0. The summed E-state index contributed by atoms with van der Waals surface area (Å²) in [5.74, 6) is 0.448. The number of benzene rings is 2. The smallest absolute Gasteiger partial charge is 0.243 e. The molecule has 0 aromatic heterocycles. The molecule has 2 aromatic carbocycles. The van der Waals surface area contributed by atoms with Crippen molar-refractivity contribution in [1.29, 1.82) is 0 Å². The maximum absolute atomic E-state index is 12.4. The molecular formula is C20H27ClN2O4S. The Hall–Kier alpha value is -2.09. The van der Waals surface area contributed by atoms with E-state index in [0.717, 1.165) is 17.4 Å². The van der Waals surface area contributed by atoms with Crippen LogP contribution < -0.4 is 10.5 Å². The standard InChI is InChI=1S/C20H26N2O4S.ClH/c1-15-5-7-16(8-6-15)19(21)20(23)22(2)13-4-14-26-17-9-11-18(12-10-17)27(3,24)25;/h5-12,19H,4,13-14,21H2,1-3H3;1H. The lowest BCUT2D eigenvalue weighted by atomic mass is 10.0. The number of nitrogens with zero attached hydrogens (tertiary/aromatic N) is 1. The molecule has 154 valence electrons. The van der Waals surface area contributed by atoms with Crippen molar-refractivity contribution in [2.75, 3.05) is 26.5 Å². The number of hydrogen-bond acceptors (Lipinski definition) is 5. The first-order valence-corrected chi connectivity index (χ1v) is 10.6. The van der Waals surface area contributed by atoms with Crippen molar-refractivity contribution in [2.24, 2.45) is 5.73 Å². The van der Waals surface area contributed by atoms with Gasteiger partial charge in [-0.3, -0.25) is 4.79 Å². The summed E-state index contributed by atoms with van der Waals surface area (Å²) in [5.41, 5.74) is 7.97. The lowest BCUT2D eigenvalue weighted by Gasteiger charge is -2.21. The van der Waals surface area contributed by atoms with E-state index in [1.807, 2.05) is 31.2 Å². The van der Waals surface area contributed by atoms with E-state index in [1.165, 1.54) is 12.1 Å². The van der Waals surface area contributed by atoms with Gasteiger partial charge >= 0.3 is 0 Å². The van der Waals surface area contributed by atoms with Crippen molar-refractivity contribution >= 4 is 28.2 Å². The van der Waals surface area contributed by atoms with Gasteiger partial charge in [0.05, 0.1) is 11.5 Å². The van der Waals surface area contributed by atoms with Gasteiger partial charge < -0.3 is 15.4 Å². The molecule has 0 saturated heterocycles. The molecule has 0 aliphatic rings. The highest BCUT2D eigenvalue weighted by molar-refractivity contribution is 7.90. The number of amides is 1. The van der Waals surface area contributed by atoms with Gasteiger partial charge in [-0.1, -0.05) is 29.8 Å². The zero-order valence-corrected chi connectivity index (χ0v) is 17.9. The van der Waals surface area contributed by atoms with Crippen molar-refractivity contribution in [3.63, 3.8) is 0 Å². The van der Waals surface area contributed by atoms with E-state index >= 15 is 0 Å². The maximum Gasteiger partial charge on any atom is 0.243 e. The van der Waals surface area contributed by atoms with Crippen LogP contribution in [0.25, 0.3) is 0 Å². The summed E-state index contributed by atoms with van der Waals surface area (Å²) < 4.78 is 28.5. The highest BCUT2D eigenvalue weighted by Gasteiger charge is 2.19. The first kappa shape index (κ1) is 23.9. The van der Waals surface area contributed by atoms with Gasteiger partial charge in [-0.15, -0.1) is 12.4 Å². The summed E-state index contributed by atoms with van der Waals surface area (Å²) in [6.07, 6.45) is 1.80. The summed E-state index contributed by atoms with van der Waals surface area (Å²) in [5, 5.41) is 0. The fourth-order valence-corrected chi connectivity index (χ4v) is 3.17. The lowest BCUT2D eigenvalue weighted by molar-refractivity contribution is -0.131. The van der Waals surface area contributed by atoms with Gasteiger partial charge in [0.25, 0.3) is 0 Å². The second-order valence-electron chi connectivity index (χ2n) is 6.59. The average Bonchev–Trinajstić information content (AvgIpc) is 2.64. The fourth-order valence-electron chi connectivity index (χ4n) is 2.54. The summed E-state index contributed by atoms with van der Waals surface area (Å²) >= 11 is 0. The molecule has 0 bridgehead atoms. The summed E-state index contributed by atoms with van der Waals surface area (Å²) in [4.78, 5) is 14.3. The summed E-state index contributed by atoms with van der Waals surface area (Å²) in [7, 11) is -1.49. The normalized spacial score (nSPS) is 12.0. The maximum atomic E-state index is 12.4. The molecule has 8 heteroatoms. The van der Waals surface area contributed by atoms with Crippen LogP contribution in [0, 0.1) is 6.92 Å². The zero-order valence-electron chi connectivity index (χ0n) is 16.3. The number of sulfone groups is 1. The van der Waals surface area contributed by atoms with Crippen LogP contribution in [0.15, 0.2) is 53.4 Å². The molecule has 6 nitrogen and oxygen atoms in total. The molecule has 0 radical (unpaired) electrons. The third kappa shape index (κ3) is 6.82. The van der Waals surface area contributed by atoms with Crippen LogP contribution >= 0.6 is 12.4 Å². The number of ether oxygens (including phenoxy) is 1. The number of carbonyl (C=O) groups excluding carboxylic acids is 1. The number of rotatable bonds is 8. The average molecular weight is 427 g/mol. The monoisotopic (exact) mass is 426 g/mol. The third-order valence-corrected chi connectivity index (χ3v) is 5.37. The number of aryl methyl sites for hydroxylation is 1. The minimum Gasteiger partial charge on any atom is -0.494 e. The van der Waals surface area contributed by atoms with Gasteiger partial charge in [-0.25, -0.2) is 8.42 Å². The number of nitrogens with two attached hydrogens (primary N) is 1. The zero-order chi connectivity index (χ0) is 20.0. The molecule has 0 aliphatic heterocycles. The summed E-state index contributed by atoms with van der Waals surface area (Å²) in [6, 6.07) is 13.2. The fraction of sp³-hybridized carbons (Fsp3) is 0.350. The highest BCUT2D eigenvalue weighted by atomic mass is 35.5. The number of carbonyl (C=O) groups is 1. The molecule has 0 spiro atoms. The van der Waals surface area contributed by atoms with E-state index in [1.54, 1.807) is 24.1 Å². The first-order chi connectivity index (χ1) is 12.7. The van der Waals surface area contributed by atoms with Crippen LogP contribution in [0.5, 0.6) is 5.75 Å². The largest absolute Gasteiger partial charge is 0.494 e. The van der Waals surface area contributed by atoms with Crippen LogP contribution in [-0.4, -0.2) is 45.7 Å². The van der Waals surface area contributed by atoms with Gasteiger partial charge in [0.2, 0.25) is 5.91 Å². The van der Waals surface area contributed by atoms with Gasteiger partial charge in [0.1, 0.15) is 11.8 Å². The van der Waals surface area contributed by atoms with E-state index in [2.05, 4.69) is 0 Å². The molecule has 2 rings (SSSR count). The lowest BCUT2D eigenvalue weighted by Crippen LogP contribution is -2.36. The molecular weight excluding hydrogens is 400 g/mol. The Balaban J connectivity index is 0.00000392. The first-order valence-electron chi connectivity index (χ1n) is 8.68. The molecule has 0 fully saturated rings. The van der Waals surface area contributed by atoms with Crippen LogP contribution in [0.1, 0.15) is 23.6 Å². The van der Waals surface area contributed by atoms with Gasteiger partial charge in [-0.05, 0) is 43.2 Å². The Morgan fingerprint density at radius 2 is 1.68 bits per heavy atom. The van der Waals surface area contributed by atoms with Crippen molar-refractivity contribution in [3.05, 3.63) is 59.7 Å². The SMILES string of the molecule is Cc1ccc(C(N)C(=O)N(C)CCCOc2ccc(S(C)(=O)=O)cc2)cc1.Cl. The van der Waals surface area contributed by atoms with Crippen LogP contribution in [0.4, 0.5) is 0 Å². The third-order valence-electron chi connectivity index (χ3n) is 4.24. The Labute approximate surface area is 173 Å². The Kier molecular flexibility index (Phi) is 8.94. The number of likely N-dealkylation sites (N-methyl/N-ethyl adjacent to an activating group) is 1.